The van der Waals surface area contributed by atoms with Gasteiger partial charge in [0.05, 0.1) is 18.3 Å². The van der Waals surface area contributed by atoms with Crippen LogP contribution in [0, 0.1) is 0 Å². The number of epoxide rings is 1. The number of β-amino-alcohol motifs (C(OH)–C–C–N with tert-alkyl or cyclic N) is 1. The molecule has 0 bridgehead atoms. The van der Waals surface area contributed by atoms with Crippen molar-refractivity contribution in [3.05, 3.63) is 0 Å². The van der Waals surface area contributed by atoms with Crippen molar-refractivity contribution >= 4 is 0 Å². The van der Waals surface area contributed by atoms with E-state index >= 15 is 0 Å². The third-order valence-corrected chi connectivity index (χ3v) is 2.40. The molecule has 0 radical (unpaired) electrons. The van der Waals surface area contributed by atoms with Crippen LogP contribution in [0.3, 0.4) is 0 Å². The smallest absolute Gasteiger partial charge is 0.0936 e. The fraction of sp³-hybridized carbons (Fsp3) is 1.00. The Kier molecular flexibility index (Phi) is 1.67. The Balaban J connectivity index is 1.79. The maximum atomic E-state index is 9.62. The Hall–Kier alpha value is -0.120. The third-order valence-electron chi connectivity index (χ3n) is 2.40. The third kappa shape index (κ3) is 1.92. The maximum Gasteiger partial charge on any atom is 0.0936 e. The molecule has 0 aliphatic carbocycles. The summed E-state index contributed by atoms with van der Waals surface area (Å²) in [5, 5.41) is 9.62. The number of ether oxygens (including phenoxy) is 1. The van der Waals surface area contributed by atoms with Gasteiger partial charge in [-0.3, -0.25) is 4.90 Å². The normalized spacial score (nSPS) is 44.7. The minimum atomic E-state index is -0.450. The minimum absolute atomic E-state index is 0.450. The van der Waals surface area contributed by atoms with Gasteiger partial charge < -0.3 is 9.84 Å². The van der Waals surface area contributed by atoms with Crippen LogP contribution in [0.25, 0.3) is 0 Å². The summed E-state index contributed by atoms with van der Waals surface area (Å²) < 4.78 is 5.12. The van der Waals surface area contributed by atoms with Crippen molar-refractivity contribution in [1.29, 1.82) is 0 Å². The van der Waals surface area contributed by atoms with Gasteiger partial charge >= 0.3 is 0 Å². The molecule has 2 atom stereocenters. The molecule has 2 saturated heterocycles. The second-order valence-corrected chi connectivity index (χ2v) is 3.94. The summed E-state index contributed by atoms with van der Waals surface area (Å²) in [5.41, 5.74) is -0.450. The van der Waals surface area contributed by atoms with E-state index in [0.29, 0.717) is 6.10 Å². The van der Waals surface area contributed by atoms with E-state index in [4.69, 9.17) is 4.74 Å². The van der Waals surface area contributed by atoms with Gasteiger partial charge in [-0.1, -0.05) is 0 Å². The predicted molar refractivity (Wildman–Crippen MR) is 41.4 cm³/mol. The van der Waals surface area contributed by atoms with E-state index in [1.165, 1.54) is 0 Å². The van der Waals surface area contributed by atoms with Crippen LogP contribution in [0.15, 0.2) is 0 Å². The van der Waals surface area contributed by atoms with Crippen molar-refractivity contribution in [3.8, 4) is 0 Å². The molecule has 2 aliphatic rings. The van der Waals surface area contributed by atoms with E-state index in [2.05, 4.69) is 4.90 Å². The van der Waals surface area contributed by atoms with Crippen molar-refractivity contribution in [2.75, 3.05) is 26.2 Å². The van der Waals surface area contributed by atoms with E-state index in [1.54, 1.807) is 0 Å². The highest BCUT2D eigenvalue weighted by atomic mass is 16.6. The van der Waals surface area contributed by atoms with Crippen LogP contribution in [0.4, 0.5) is 0 Å². The van der Waals surface area contributed by atoms with Crippen LogP contribution in [0.5, 0.6) is 0 Å². The van der Waals surface area contributed by atoms with Gasteiger partial charge in [-0.2, -0.15) is 0 Å². The number of nitrogens with zero attached hydrogens (tertiary/aromatic N) is 1. The highest BCUT2D eigenvalue weighted by Crippen LogP contribution is 2.22. The molecule has 0 spiro atoms. The Morgan fingerprint density at radius 1 is 1.73 bits per heavy atom. The summed E-state index contributed by atoms with van der Waals surface area (Å²) in [4.78, 5) is 2.28. The fourth-order valence-corrected chi connectivity index (χ4v) is 1.66. The fourth-order valence-electron chi connectivity index (χ4n) is 1.66. The van der Waals surface area contributed by atoms with Crippen molar-refractivity contribution in [1.82, 2.24) is 4.90 Å². The molecule has 0 aromatic carbocycles. The lowest BCUT2D eigenvalue weighted by Crippen LogP contribution is -2.31. The molecule has 2 rings (SSSR count). The Morgan fingerprint density at radius 3 is 2.91 bits per heavy atom. The topological polar surface area (TPSA) is 36.0 Å². The van der Waals surface area contributed by atoms with Gasteiger partial charge in [0.1, 0.15) is 0 Å². The van der Waals surface area contributed by atoms with Gasteiger partial charge in [-0.05, 0) is 13.3 Å². The Morgan fingerprint density at radius 2 is 2.45 bits per heavy atom. The maximum absolute atomic E-state index is 9.62. The number of likely N-dealkylation sites (tertiary alicyclic amines) is 1. The predicted octanol–water partition coefficient (Wildman–Crippen LogP) is -0.158. The zero-order chi connectivity index (χ0) is 7.90. The van der Waals surface area contributed by atoms with Crippen molar-refractivity contribution in [3.63, 3.8) is 0 Å². The van der Waals surface area contributed by atoms with Gasteiger partial charge in [0.2, 0.25) is 0 Å². The van der Waals surface area contributed by atoms with Crippen LogP contribution < -0.4 is 0 Å². The summed E-state index contributed by atoms with van der Waals surface area (Å²) in [5.74, 6) is 0. The van der Waals surface area contributed by atoms with Crippen LogP contribution in [0.2, 0.25) is 0 Å². The first-order valence-electron chi connectivity index (χ1n) is 4.22. The Bertz CT molecular complexity index is 154. The van der Waals surface area contributed by atoms with E-state index in [0.717, 1.165) is 32.7 Å². The molecule has 1 unspecified atom stereocenters. The second-order valence-electron chi connectivity index (χ2n) is 3.94. The lowest BCUT2D eigenvalue weighted by molar-refractivity contribution is 0.0679. The van der Waals surface area contributed by atoms with Gasteiger partial charge in [0.25, 0.3) is 0 Å². The summed E-state index contributed by atoms with van der Waals surface area (Å²) in [6.07, 6.45) is 1.36. The first-order valence-corrected chi connectivity index (χ1v) is 4.22. The van der Waals surface area contributed by atoms with Crippen molar-refractivity contribution in [2.24, 2.45) is 0 Å². The molecule has 1 N–H and O–H groups in total. The molecule has 0 aromatic rings. The molecule has 11 heavy (non-hydrogen) atoms. The van der Waals surface area contributed by atoms with Crippen LogP contribution in [-0.2, 0) is 4.74 Å². The van der Waals surface area contributed by atoms with E-state index in [9.17, 15) is 5.11 Å². The molecule has 2 aliphatic heterocycles. The molecule has 2 fully saturated rings. The minimum Gasteiger partial charge on any atom is -0.389 e. The number of hydrogen-bond donors (Lipinski definition) is 1. The van der Waals surface area contributed by atoms with Crippen LogP contribution >= 0.6 is 0 Å². The number of aliphatic hydroxyl groups is 1. The molecule has 0 saturated carbocycles. The van der Waals surface area contributed by atoms with Crippen LogP contribution in [0.1, 0.15) is 13.3 Å². The van der Waals surface area contributed by atoms with Gasteiger partial charge in [0.15, 0.2) is 0 Å². The van der Waals surface area contributed by atoms with Gasteiger partial charge in [0, 0.05) is 19.6 Å². The summed E-state index contributed by atoms with van der Waals surface area (Å²) in [6, 6.07) is 0. The first-order chi connectivity index (χ1) is 5.16. The Labute approximate surface area is 66.9 Å². The molecule has 2 heterocycles. The largest absolute Gasteiger partial charge is 0.389 e. The summed E-state index contributed by atoms with van der Waals surface area (Å²) >= 11 is 0. The second kappa shape index (κ2) is 2.44. The lowest BCUT2D eigenvalue weighted by Gasteiger charge is -2.17. The molecule has 0 aromatic heterocycles. The first kappa shape index (κ1) is 7.53. The van der Waals surface area contributed by atoms with Crippen molar-refractivity contribution in [2.45, 2.75) is 25.0 Å². The molecular formula is C8H15NO2. The number of rotatable bonds is 2. The van der Waals surface area contributed by atoms with Gasteiger partial charge in [-0.15, -0.1) is 0 Å². The monoisotopic (exact) mass is 157 g/mol. The highest BCUT2D eigenvalue weighted by Gasteiger charge is 2.34. The van der Waals surface area contributed by atoms with E-state index in [1.807, 2.05) is 6.92 Å². The molecule has 3 heteroatoms. The standard InChI is InChI=1S/C8H15NO2/c1-8(10)2-3-9(6-8)4-7-5-11-7/h7,10H,2-6H2,1H3/t7-,8?/m0/s1. The SMILES string of the molecule is CC1(O)CCN(C[C@H]2CO2)C1. The summed E-state index contributed by atoms with van der Waals surface area (Å²) in [7, 11) is 0. The van der Waals surface area contributed by atoms with Crippen molar-refractivity contribution < 1.29 is 9.84 Å². The molecule has 64 valence electrons. The quantitative estimate of drug-likeness (QED) is 0.566. The summed E-state index contributed by atoms with van der Waals surface area (Å²) in [6.45, 7) is 5.66. The molecule has 3 nitrogen and oxygen atoms in total. The average molecular weight is 157 g/mol. The highest BCUT2D eigenvalue weighted by molar-refractivity contribution is 4.88. The van der Waals surface area contributed by atoms with E-state index < -0.39 is 5.60 Å². The van der Waals surface area contributed by atoms with Gasteiger partial charge in [-0.25, -0.2) is 0 Å². The average Bonchev–Trinajstić information content (AvgIpc) is 2.61. The zero-order valence-electron chi connectivity index (χ0n) is 6.92. The lowest BCUT2D eigenvalue weighted by atomic mass is 10.1. The molecular weight excluding hydrogens is 142 g/mol. The number of hydrogen-bond acceptors (Lipinski definition) is 3. The van der Waals surface area contributed by atoms with E-state index in [-0.39, 0.29) is 0 Å². The molecule has 0 amide bonds. The van der Waals surface area contributed by atoms with Crippen LogP contribution in [-0.4, -0.2) is 48.0 Å². The zero-order valence-corrected chi connectivity index (χ0v) is 6.92.